The van der Waals surface area contributed by atoms with Crippen LogP contribution in [0.5, 0.6) is 0 Å². The Morgan fingerprint density at radius 1 is 0.895 bits per heavy atom. The highest BCUT2D eigenvalue weighted by atomic mass is 14.9. The lowest BCUT2D eigenvalue weighted by Gasteiger charge is -2.19. The Kier molecular flexibility index (Phi) is 4.62. The fourth-order valence-electron chi connectivity index (χ4n) is 2.30. The van der Waals surface area contributed by atoms with Crippen molar-refractivity contribution in [2.24, 2.45) is 0 Å². The molecule has 0 aliphatic rings. The van der Waals surface area contributed by atoms with Gasteiger partial charge >= 0.3 is 0 Å². The maximum Gasteiger partial charge on any atom is 0.0511 e. The lowest BCUT2D eigenvalue weighted by molar-refractivity contribution is 0.748. The summed E-state index contributed by atoms with van der Waals surface area (Å²) >= 11 is 0. The molecule has 0 spiro atoms. The molecular weight excluding hydrogens is 230 g/mol. The van der Waals surface area contributed by atoms with Crippen LogP contribution in [0.15, 0.2) is 54.6 Å². The van der Waals surface area contributed by atoms with Crippen molar-refractivity contribution in [2.45, 2.75) is 39.2 Å². The molecular formula is C18H23N. The zero-order valence-electron chi connectivity index (χ0n) is 12.1. The summed E-state index contributed by atoms with van der Waals surface area (Å²) < 4.78 is 0. The number of hydrogen-bond donors (Lipinski definition) is 1. The molecule has 1 nitrogen and oxygen atoms in total. The maximum absolute atomic E-state index is 3.64. The quantitative estimate of drug-likeness (QED) is 0.755. The molecule has 2 aromatic rings. The second kappa shape index (κ2) is 6.42. The van der Waals surface area contributed by atoms with Crippen LogP contribution in [-0.2, 0) is 0 Å². The average molecular weight is 253 g/mol. The normalized spacial score (nSPS) is 12.4. The molecule has 2 aromatic carbocycles. The molecule has 0 bridgehead atoms. The van der Waals surface area contributed by atoms with Crippen LogP contribution in [-0.4, -0.2) is 0 Å². The summed E-state index contributed by atoms with van der Waals surface area (Å²) in [5.74, 6) is 0.568. The van der Waals surface area contributed by atoms with Crippen LogP contribution >= 0.6 is 0 Å². The molecule has 1 atom stereocenters. The minimum Gasteiger partial charge on any atom is -0.378 e. The van der Waals surface area contributed by atoms with Gasteiger partial charge in [-0.15, -0.1) is 0 Å². The van der Waals surface area contributed by atoms with Gasteiger partial charge in [-0.3, -0.25) is 0 Å². The number of nitrogens with one attached hydrogen (secondary N) is 1. The van der Waals surface area contributed by atoms with E-state index in [1.807, 2.05) is 0 Å². The molecule has 1 N–H and O–H groups in total. The molecule has 0 amide bonds. The Hall–Kier alpha value is -1.76. The van der Waals surface area contributed by atoms with Crippen LogP contribution in [0.1, 0.15) is 50.3 Å². The third-order valence-corrected chi connectivity index (χ3v) is 3.50. The second-order valence-electron chi connectivity index (χ2n) is 5.30. The van der Waals surface area contributed by atoms with Crippen molar-refractivity contribution in [2.75, 3.05) is 5.32 Å². The summed E-state index contributed by atoms with van der Waals surface area (Å²) in [7, 11) is 0. The molecule has 0 aliphatic carbocycles. The van der Waals surface area contributed by atoms with E-state index in [-0.39, 0.29) is 0 Å². The van der Waals surface area contributed by atoms with E-state index in [4.69, 9.17) is 0 Å². The molecule has 0 radical (unpaired) electrons. The van der Waals surface area contributed by atoms with E-state index in [0.717, 1.165) is 6.42 Å². The summed E-state index contributed by atoms with van der Waals surface area (Å²) in [6.07, 6.45) is 1.08. The number of hydrogen-bond acceptors (Lipinski definition) is 1. The van der Waals surface area contributed by atoms with Crippen molar-refractivity contribution in [3.05, 3.63) is 65.7 Å². The third-order valence-electron chi connectivity index (χ3n) is 3.50. The molecule has 19 heavy (non-hydrogen) atoms. The van der Waals surface area contributed by atoms with Crippen molar-refractivity contribution in [1.82, 2.24) is 0 Å². The smallest absolute Gasteiger partial charge is 0.0511 e. The van der Waals surface area contributed by atoms with Crippen LogP contribution in [0.2, 0.25) is 0 Å². The molecule has 0 saturated carbocycles. The van der Waals surface area contributed by atoms with Gasteiger partial charge in [0, 0.05) is 5.69 Å². The van der Waals surface area contributed by atoms with Gasteiger partial charge in [0.25, 0.3) is 0 Å². The molecule has 1 heteroatoms. The van der Waals surface area contributed by atoms with E-state index in [1.54, 1.807) is 0 Å². The van der Waals surface area contributed by atoms with Gasteiger partial charge < -0.3 is 5.32 Å². The van der Waals surface area contributed by atoms with E-state index in [1.165, 1.54) is 16.8 Å². The molecule has 0 fully saturated rings. The summed E-state index contributed by atoms with van der Waals surface area (Å²) in [6, 6.07) is 19.8. The van der Waals surface area contributed by atoms with Gasteiger partial charge in [0.2, 0.25) is 0 Å². The summed E-state index contributed by atoms with van der Waals surface area (Å²) in [6.45, 7) is 6.68. The van der Waals surface area contributed by atoms with Crippen molar-refractivity contribution in [1.29, 1.82) is 0 Å². The molecule has 2 rings (SSSR count). The Labute approximate surface area is 116 Å². The van der Waals surface area contributed by atoms with E-state index in [2.05, 4.69) is 80.7 Å². The number of anilines is 1. The average Bonchev–Trinajstić information content (AvgIpc) is 2.46. The van der Waals surface area contributed by atoms with Gasteiger partial charge in [-0.2, -0.15) is 0 Å². The highest BCUT2D eigenvalue weighted by Crippen LogP contribution is 2.24. The summed E-state index contributed by atoms with van der Waals surface area (Å²) in [5, 5.41) is 3.64. The zero-order valence-corrected chi connectivity index (χ0v) is 12.1. The van der Waals surface area contributed by atoms with Crippen LogP contribution < -0.4 is 5.32 Å². The molecule has 0 aromatic heterocycles. The maximum atomic E-state index is 3.64. The van der Waals surface area contributed by atoms with Gasteiger partial charge in [-0.1, -0.05) is 63.2 Å². The third kappa shape index (κ3) is 3.60. The van der Waals surface area contributed by atoms with Crippen LogP contribution in [0, 0.1) is 0 Å². The minimum atomic E-state index is 0.378. The minimum absolute atomic E-state index is 0.378. The predicted octanol–water partition coefficient (Wildman–Crippen LogP) is 5.37. The van der Waals surface area contributed by atoms with Crippen LogP contribution in [0.3, 0.4) is 0 Å². The molecule has 0 heterocycles. The van der Waals surface area contributed by atoms with Gasteiger partial charge in [-0.25, -0.2) is 0 Å². The predicted molar refractivity (Wildman–Crippen MR) is 83.6 cm³/mol. The van der Waals surface area contributed by atoms with Crippen molar-refractivity contribution >= 4 is 5.69 Å². The fourth-order valence-corrected chi connectivity index (χ4v) is 2.30. The highest BCUT2D eigenvalue weighted by Gasteiger charge is 2.09. The molecule has 100 valence electrons. The monoisotopic (exact) mass is 253 g/mol. The van der Waals surface area contributed by atoms with Gasteiger partial charge in [-0.05, 0) is 35.6 Å². The number of benzene rings is 2. The first-order valence-corrected chi connectivity index (χ1v) is 7.12. The molecule has 0 aliphatic heterocycles. The Morgan fingerprint density at radius 3 is 2.21 bits per heavy atom. The highest BCUT2D eigenvalue weighted by molar-refractivity contribution is 5.48. The standard InChI is InChI=1S/C18H23N/c1-4-18(15-9-6-5-7-10-15)19-17-12-8-11-16(13-17)14(2)3/h5-14,18-19H,4H2,1-3H3. The fraction of sp³-hybridized carbons (Fsp3) is 0.333. The first-order chi connectivity index (χ1) is 9.20. The van der Waals surface area contributed by atoms with E-state index < -0.39 is 0 Å². The second-order valence-corrected chi connectivity index (χ2v) is 5.30. The first-order valence-electron chi connectivity index (χ1n) is 7.12. The van der Waals surface area contributed by atoms with Crippen LogP contribution in [0.4, 0.5) is 5.69 Å². The lowest BCUT2D eigenvalue weighted by atomic mass is 10.0. The Balaban J connectivity index is 2.17. The van der Waals surface area contributed by atoms with Crippen molar-refractivity contribution in [3.63, 3.8) is 0 Å². The van der Waals surface area contributed by atoms with E-state index in [0.29, 0.717) is 12.0 Å². The van der Waals surface area contributed by atoms with Crippen LogP contribution in [0.25, 0.3) is 0 Å². The lowest BCUT2D eigenvalue weighted by Crippen LogP contribution is -2.09. The Bertz CT molecular complexity index is 502. The van der Waals surface area contributed by atoms with Crippen molar-refractivity contribution in [3.8, 4) is 0 Å². The number of rotatable bonds is 5. The summed E-state index contributed by atoms with van der Waals surface area (Å²) in [4.78, 5) is 0. The van der Waals surface area contributed by atoms with Gasteiger partial charge in [0.15, 0.2) is 0 Å². The van der Waals surface area contributed by atoms with Gasteiger partial charge in [0.1, 0.15) is 0 Å². The van der Waals surface area contributed by atoms with E-state index >= 15 is 0 Å². The van der Waals surface area contributed by atoms with Gasteiger partial charge in [0.05, 0.1) is 6.04 Å². The SMILES string of the molecule is CCC(Nc1cccc(C(C)C)c1)c1ccccc1. The van der Waals surface area contributed by atoms with Crippen molar-refractivity contribution < 1.29 is 0 Å². The summed E-state index contributed by atoms with van der Waals surface area (Å²) in [5.41, 5.74) is 3.94. The zero-order chi connectivity index (χ0) is 13.7. The first kappa shape index (κ1) is 13.7. The van der Waals surface area contributed by atoms with E-state index in [9.17, 15) is 0 Å². The topological polar surface area (TPSA) is 12.0 Å². The molecule has 0 saturated heterocycles. The largest absolute Gasteiger partial charge is 0.378 e. The Morgan fingerprint density at radius 2 is 1.58 bits per heavy atom. The molecule has 1 unspecified atom stereocenters.